The first-order chi connectivity index (χ1) is 29.3. The van der Waals surface area contributed by atoms with Crippen LogP contribution < -0.4 is 36.9 Å². The zero-order chi connectivity index (χ0) is 43.4. The van der Waals surface area contributed by atoms with Gasteiger partial charge in [-0.25, -0.2) is 9.97 Å². The van der Waals surface area contributed by atoms with Gasteiger partial charge in [0.25, 0.3) is 11.8 Å². The molecule has 1 fully saturated rings. The minimum absolute atomic E-state index is 0.174. The standard InChI is InChI=1S/C41H50N14O6/c1-6-55-31(19-25(3)50-55)39(59)48-41-46-29-21-27(37(43)57)23-33(61-17-9-12-52-15-10-44-11-16-52)35(29)54(41)14-8-7-13-53-34-28(20-26(36(42)56)22-32(34)60-5)45-40(53)47-38(58)30-18-24(2)49-51(30)4/h7-8,18-23,44H,6,9-17H2,1-5H3,(H2,42,56)(H2,43,57)(H,45,47,58)(H,46,48,59)/b8-7+. The van der Waals surface area contributed by atoms with Crippen LogP contribution in [0, 0.1) is 13.8 Å². The molecule has 7 N–H and O–H groups in total. The van der Waals surface area contributed by atoms with Gasteiger partial charge in [-0.1, -0.05) is 12.2 Å². The molecule has 20 nitrogen and oxygen atoms in total. The minimum Gasteiger partial charge on any atom is -0.494 e. The van der Waals surface area contributed by atoms with E-state index in [1.807, 2.05) is 26.0 Å². The van der Waals surface area contributed by atoms with Crippen LogP contribution in [0.2, 0.25) is 0 Å². The molecule has 0 unspecified atom stereocenters. The number of nitrogens with two attached hydrogens (primary N) is 2. The SMILES string of the molecule is CCn1nc(C)cc1C(=O)Nc1nc2cc(C(N)=O)cc(OCCCN3CCNCC3)c2n1C/C=C/Cn1c(NC(=O)c2cc(C)nn2C)nc2cc(C(N)=O)cc(OC)c21. The molecule has 320 valence electrons. The number of fused-ring (bicyclic) bond motifs is 2. The van der Waals surface area contributed by atoms with Crippen LogP contribution in [0.1, 0.15) is 66.4 Å². The number of carbonyl (C=O) groups excluding carboxylic acids is 4. The number of hydrogen-bond donors (Lipinski definition) is 5. The van der Waals surface area contributed by atoms with Gasteiger partial charge in [0.15, 0.2) is 0 Å². The number of piperazine rings is 1. The Morgan fingerprint density at radius 2 is 1.33 bits per heavy atom. The van der Waals surface area contributed by atoms with Crippen LogP contribution in [0.5, 0.6) is 11.5 Å². The molecule has 0 saturated carbocycles. The van der Waals surface area contributed by atoms with Gasteiger partial charge < -0.3 is 40.3 Å². The number of ether oxygens (including phenoxy) is 2. The summed E-state index contributed by atoms with van der Waals surface area (Å²) in [6.07, 6.45) is 4.45. The highest BCUT2D eigenvalue weighted by molar-refractivity contribution is 6.05. The summed E-state index contributed by atoms with van der Waals surface area (Å²) in [7, 11) is 3.14. The Morgan fingerprint density at radius 3 is 1.87 bits per heavy atom. The van der Waals surface area contributed by atoms with Gasteiger partial charge in [-0.05, 0) is 63.6 Å². The fraction of sp³-hybridized carbons (Fsp3) is 0.366. The second kappa shape index (κ2) is 18.1. The number of imidazole rings is 2. The zero-order valence-electron chi connectivity index (χ0n) is 34.8. The number of hydrogen-bond acceptors (Lipinski definition) is 12. The number of nitrogens with one attached hydrogen (secondary N) is 3. The molecule has 4 amide bonds. The van der Waals surface area contributed by atoms with Crippen LogP contribution in [-0.2, 0) is 26.7 Å². The van der Waals surface area contributed by atoms with E-state index in [-0.39, 0.29) is 36.1 Å². The summed E-state index contributed by atoms with van der Waals surface area (Å²) in [5.41, 5.74) is 15.6. The number of aromatic nitrogens is 8. The summed E-state index contributed by atoms with van der Waals surface area (Å²) in [4.78, 5) is 63.9. The van der Waals surface area contributed by atoms with Gasteiger partial charge in [0.1, 0.15) is 33.9 Å². The lowest BCUT2D eigenvalue weighted by atomic mass is 10.1. The number of rotatable bonds is 17. The fourth-order valence-electron chi connectivity index (χ4n) is 7.45. The summed E-state index contributed by atoms with van der Waals surface area (Å²) in [6.45, 7) is 11.3. The number of nitrogens with zero attached hydrogens (tertiary/aromatic N) is 9. The van der Waals surface area contributed by atoms with E-state index >= 15 is 0 Å². The molecule has 61 heavy (non-hydrogen) atoms. The van der Waals surface area contributed by atoms with E-state index in [9.17, 15) is 19.2 Å². The number of benzene rings is 2. The molecular formula is C41H50N14O6. The van der Waals surface area contributed by atoms with E-state index in [2.05, 4.69) is 36.0 Å². The maximum Gasteiger partial charge on any atom is 0.276 e. The van der Waals surface area contributed by atoms with Crippen molar-refractivity contribution in [2.45, 2.75) is 46.8 Å². The molecular weight excluding hydrogens is 785 g/mol. The van der Waals surface area contributed by atoms with Crippen molar-refractivity contribution in [1.29, 1.82) is 0 Å². The van der Waals surface area contributed by atoms with Gasteiger partial charge in [0.05, 0.1) is 36.1 Å². The van der Waals surface area contributed by atoms with Crippen molar-refractivity contribution in [2.75, 3.05) is 57.1 Å². The fourth-order valence-corrected chi connectivity index (χ4v) is 7.45. The predicted molar refractivity (Wildman–Crippen MR) is 228 cm³/mol. The van der Waals surface area contributed by atoms with Crippen LogP contribution >= 0.6 is 0 Å². The summed E-state index contributed by atoms with van der Waals surface area (Å²) in [5, 5.41) is 17.9. The third kappa shape index (κ3) is 9.09. The summed E-state index contributed by atoms with van der Waals surface area (Å²) >= 11 is 0. The second-order valence-electron chi connectivity index (χ2n) is 14.7. The van der Waals surface area contributed by atoms with Gasteiger partial charge in [0.2, 0.25) is 23.7 Å². The highest BCUT2D eigenvalue weighted by Crippen LogP contribution is 2.33. The third-order valence-electron chi connectivity index (χ3n) is 10.4. The van der Waals surface area contributed by atoms with Crippen molar-refractivity contribution >= 4 is 57.6 Å². The van der Waals surface area contributed by atoms with Crippen LogP contribution in [0.3, 0.4) is 0 Å². The molecule has 0 atom stereocenters. The van der Waals surface area contributed by atoms with Gasteiger partial charge in [-0.2, -0.15) is 10.2 Å². The molecule has 0 bridgehead atoms. The van der Waals surface area contributed by atoms with Crippen LogP contribution in [0.25, 0.3) is 22.1 Å². The molecule has 0 aliphatic carbocycles. The van der Waals surface area contributed by atoms with Crippen molar-refractivity contribution in [2.24, 2.45) is 18.5 Å². The zero-order valence-corrected chi connectivity index (χ0v) is 34.8. The Kier molecular flexibility index (Phi) is 12.5. The van der Waals surface area contributed by atoms with Gasteiger partial charge in [-0.3, -0.25) is 39.2 Å². The Balaban J connectivity index is 1.25. The molecule has 1 saturated heterocycles. The van der Waals surface area contributed by atoms with Crippen molar-refractivity contribution in [3.63, 3.8) is 0 Å². The molecule has 4 aromatic heterocycles. The number of methoxy groups -OCH3 is 1. The average Bonchev–Trinajstić information content (AvgIpc) is 3.99. The van der Waals surface area contributed by atoms with E-state index < -0.39 is 23.6 Å². The highest BCUT2D eigenvalue weighted by Gasteiger charge is 2.24. The first kappa shape index (κ1) is 42.1. The van der Waals surface area contributed by atoms with E-state index in [0.717, 1.165) is 39.1 Å². The predicted octanol–water partition coefficient (Wildman–Crippen LogP) is 2.59. The molecule has 5 heterocycles. The maximum atomic E-state index is 13.8. The van der Waals surface area contributed by atoms with Gasteiger partial charge in [-0.15, -0.1) is 0 Å². The quantitative estimate of drug-likeness (QED) is 0.0657. The van der Waals surface area contributed by atoms with Crippen molar-refractivity contribution < 1.29 is 28.7 Å². The smallest absolute Gasteiger partial charge is 0.276 e. The van der Waals surface area contributed by atoms with Crippen LogP contribution in [0.4, 0.5) is 11.9 Å². The lowest BCUT2D eigenvalue weighted by Gasteiger charge is -2.27. The Labute approximate surface area is 350 Å². The Bertz CT molecular complexity index is 2660. The molecule has 2 aromatic carbocycles. The number of amides is 4. The topological polar surface area (TPSA) is 249 Å². The monoisotopic (exact) mass is 834 g/mol. The molecule has 1 aliphatic heterocycles. The van der Waals surface area contributed by atoms with Gasteiger partial charge >= 0.3 is 0 Å². The summed E-state index contributed by atoms with van der Waals surface area (Å²) in [6, 6.07) is 9.59. The van der Waals surface area contributed by atoms with E-state index in [4.69, 9.17) is 25.9 Å². The number of carbonyl (C=O) groups is 4. The molecule has 1 aliphatic rings. The van der Waals surface area contributed by atoms with Crippen molar-refractivity contribution in [1.82, 2.24) is 48.9 Å². The lowest BCUT2D eigenvalue weighted by molar-refractivity contribution is 0.0991. The van der Waals surface area contributed by atoms with E-state index in [0.29, 0.717) is 69.5 Å². The van der Waals surface area contributed by atoms with Gasteiger partial charge in [0, 0.05) is 70.5 Å². The highest BCUT2D eigenvalue weighted by atomic mass is 16.5. The number of anilines is 2. The maximum absolute atomic E-state index is 13.8. The first-order valence-electron chi connectivity index (χ1n) is 20.0. The van der Waals surface area contributed by atoms with Crippen LogP contribution in [0.15, 0.2) is 48.6 Å². The summed E-state index contributed by atoms with van der Waals surface area (Å²) < 4.78 is 18.7. The Morgan fingerprint density at radius 1 is 0.787 bits per heavy atom. The van der Waals surface area contributed by atoms with Crippen molar-refractivity contribution in [3.05, 3.63) is 82.5 Å². The molecule has 0 spiro atoms. The van der Waals surface area contributed by atoms with E-state index in [1.54, 1.807) is 52.1 Å². The summed E-state index contributed by atoms with van der Waals surface area (Å²) in [5.74, 6) is -1.10. The largest absolute Gasteiger partial charge is 0.494 e. The molecule has 0 radical (unpaired) electrons. The molecule has 6 aromatic rings. The molecule has 7 rings (SSSR count). The number of aryl methyl sites for hydroxylation is 4. The molecule has 20 heteroatoms. The normalized spacial score (nSPS) is 13.3. The third-order valence-corrected chi connectivity index (χ3v) is 10.4. The minimum atomic E-state index is -0.666. The Hall–Kier alpha value is -7.06. The number of primary amides is 2. The average molecular weight is 835 g/mol. The first-order valence-corrected chi connectivity index (χ1v) is 20.0. The van der Waals surface area contributed by atoms with Crippen LogP contribution in [-0.4, -0.2) is 114 Å². The second-order valence-corrected chi connectivity index (χ2v) is 14.7. The lowest BCUT2D eigenvalue weighted by Crippen LogP contribution is -2.43. The number of allylic oxidation sites excluding steroid dienone is 2. The van der Waals surface area contributed by atoms with E-state index in [1.165, 1.54) is 23.9 Å². The van der Waals surface area contributed by atoms with Crippen molar-refractivity contribution in [3.8, 4) is 11.5 Å².